The Bertz CT molecular complexity index is 524. The van der Waals surface area contributed by atoms with Crippen molar-refractivity contribution in [3.63, 3.8) is 0 Å². The summed E-state index contributed by atoms with van der Waals surface area (Å²) in [7, 11) is 3.45. The lowest BCUT2D eigenvalue weighted by Gasteiger charge is -2.19. The van der Waals surface area contributed by atoms with Gasteiger partial charge in [0.2, 0.25) is 0 Å². The van der Waals surface area contributed by atoms with Crippen molar-refractivity contribution in [1.82, 2.24) is 10.6 Å². The maximum atomic E-state index is 6.11. The number of ether oxygens (including phenoxy) is 2. The molecule has 1 aromatic rings. The summed E-state index contributed by atoms with van der Waals surface area (Å²) in [5, 5.41) is 7.46. The molecule has 0 atom stereocenters. The van der Waals surface area contributed by atoms with Crippen LogP contribution < -0.4 is 10.6 Å². The molecule has 0 saturated heterocycles. The highest BCUT2D eigenvalue weighted by Crippen LogP contribution is 2.48. The molecule has 136 valence electrons. The predicted molar refractivity (Wildman–Crippen MR) is 110 cm³/mol. The van der Waals surface area contributed by atoms with Crippen molar-refractivity contribution < 1.29 is 9.47 Å². The van der Waals surface area contributed by atoms with Crippen LogP contribution in [0.5, 0.6) is 0 Å². The summed E-state index contributed by atoms with van der Waals surface area (Å²) >= 11 is 6.11. The van der Waals surface area contributed by atoms with Crippen LogP contribution in [0.1, 0.15) is 18.4 Å². The largest absolute Gasteiger partial charge is 0.382 e. The van der Waals surface area contributed by atoms with E-state index in [0.717, 1.165) is 17.5 Å². The van der Waals surface area contributed by atoms with Gasteiger partial charge in [-0.15, -0.1) is 24.0 Å². The quantitative estimate of drug-likeness (QED) is 0.254. The van der Waals surface area contributed by atoms with Crippen molar-refractivity contribution in [2.24, 2.45) is 4.99 Å². The number of guanidine groups is 1. The Morgan fingerprint density at radius 1 is 1.25 bits per heavy atom. The average Bonchev–Trinajstić information content (AvgIpc) is 3.35. The lowest BCUT2D eigenvalue weighted by Crippen LogP contribution is -2.42. The molecule has 0 radical (unpaired) electrons. The average molecular weight is 468 g/mol. The molecule has 7 heteroatoms. The number of aliphatic imine (C=N–C) groups is 1. The van der Waals surface area contributed by atoms with E-state index >= 15 is 0 Å². The molecule has 5 nitrogen and oxygen atoms in total. The molecule has 0 aliphatic heterocycles. The fourth-order valence-corrected chi connectivity index (χ4v) is 2.69. The van der Waals surface area contributed by atoms with Crippen LogP contribution in [0.25, 0.3) is 0 Å². The van der Waals surface area contributed by atoms with Crippen molar-refractivity contribution >= 4 is 41.5 Å². The highest BCUT2D eigenvalue weighted by Gasteiger charge is 2.44. The molecule has 1 fully saturated rings. The Balaban J connectivity index is 0.00000288. The standard InChI is InChI=1S/C17H26ClN3O2.HI/c1-19-16(20-8-9-23-11-10-22-2)21-13-17(6-7-17)14-4-3-5-15(18)12-14;/h3-5,12H,6-11,13H2,1-2H3,(H2,19,20,21);1H. The number of rotatable bonds is 9. The molecule has 0 heterocycles. The monoisotopic (exact) mass is 467 g/mol. The molecule has 0 aromatic heterocycles. The van der Waals surface area contributed by atoms with Gasteiger partial charge in [-0.05, 0) is 30.5 Å². The van der Waals surface area contributed by atoms with Crippen LogP contribution in [0.2, 0.25) is 5.02 Å². The van der Waals surface area contributed by atoms with E-state index in [2.05, 4.69) is 27.8 Å². The first-order valence-corrected chi connectivity index (χ1v) is 8.35. The Morgan fingerprint density at radius 2 is 2.04 bits per heavy atom. The normalized spacial score (nSPS) is 15.5. The lowest BCUT2D eigenvalue weighted by atomic mass is 9.96. The van der Waals surface area contributed by atoms with Crippen molar-refractivity contribution in [3.05, 3.63) is 34.9 Å². The van der Waals surface area contributed by atoms with Crippen LogP contribution in [-0.2, 0) is 14.9 Å². The molecule has 0 spiro atoms. The van der Waals surface area contributed by atoms with Gasteiger partial charge in [-0.2, -0.15) is 0 Å². The maximum absolute atomic E-state index is 6.11. The number of hydrogen-bond donors (Lipinski definition) is 2. The van der Waals surface area contributed by atoms with Crippen LogP contribution in [0.3, 0.4) is 0 Å². The predicted octanol–water partition coefficient (Wildman–Crippen LogP) is 2.82. The molecule has 2 N–H and O–H groups in total. The van der Waals surface area contributed by atoms with Gasteiger partial charge in [0.15, 0.2) is 5.96 Å². The van der Waals surface area contributed by atoms with E-state index < -0.39 is 0 Å². The van der Waals surface area contributed by atoms with E-state index in [1.807, 2.05) is 12.1 Å². The number of nitrogens with one attached hydrogen (secondary N) is 2. The topological polar surface area (TPSA) is 54.9 Å². The van der Waals surface area contributed by atoms with Gasteiger partial charge in [-0.25, -0.2) is 0 Å². The zero-order valence-corrected chi connectivity index (χ0v) is 17.4. The summed E-state index contributed by atoms with van der Waals surface area (Å²) in [6.45, 7) is 3.44. The summed E-state index contributed by atoms with van der Waals surface area (Å²) in [6.07, 6.45) is 2.36. The number of nitrogens with zero attached hydrogens (tertiary/aromatic N) is 1. The van der Waals surface area contributed by atoms with Gasteiger partial charge in [0.05, 0.1) is 19.8 Å². The molecular formula is C17H27ClIN3O2. The Labute approximate surface area is 166 Å². The van der Waals surface area contributed by atoms with Gasteiger partial charge in [-0.3, -0.25) is 4.99 Å². The van der Waals surface area contributed by atoms with Gasteiger partial charge >= 0.3 is 0 Å². The number of benzene rings is 1. The minimum absolute atomic E-state index is 0. The third-order valence-electron chi connectivity index (χ3n) is 4.08. The zero-order valence-electron chi connectivity index (χ0n) is 14.3. The second kappa shape index (κ2) is 11.1. The van der Waals surface area contributed by atoms with Crippen LogP contribution in [0.15, 0.2) is 29.3 Å². The Hall–Kier alpha value is -0.570. The van der Waals surface area contributed by atoms with Crippen molar-refractivity contribution in [2.45, 2.75) is 18.3 Å². The molecule has 0 amide bonds. The molecule has 24 heavy (non-hydrogen) atoms. The summed E-state index contributed by atoms with van der Waals surface area (Å²) in [4.78, 5) is 4.25. The van der Waals surface area contributed by atoms with Gasteiger partial charge in [0.1, 0.15) is 0 Å². The third-order valence-corrected chi connectivity index (χ3v) is 4.31. The summed E-state index contributed by atoms with van der Waals surface area (Å²) in [5.74, 6) is 0.800. The maximum Gasteiger partial charge on any atom is 0.191 e. The number of halogens is 2. The molecule has 1 saturated carbocycles. The van der Waals surface area contributed by atoms with Gasteiger partial charge < -0.3 is 20.1 Å². The van der Waals surface area contributed by atoms with E-state index in [1.54, 1.807) is 14.2 Å². The molecule has 1 aliphatic rings. The first-order valence-electron chi connectivity index (χ1n) is 7.97. The van der Waals surface area contributed by atoms with Crippen molar-refractivity contribution in [1.29, 1.82) is 0 Å². The van der Waals surface area contributed by atoms with E-state index in [-0.39, 0.29) is 29.4 Å². The van der Waals surface area contributed by atoms with E-state index in [1.165, 1.54) is 18.4 Å². The van der Waals surface area contributed by atoms with Crippen LogP contribution in [0.4, 0.5) is 0 Å². The first-order chi connectivity index (χ1) is 11.2. The minimum atomic E-state index is 0. The highest BCUT2D eigenvalue weighted by molar-refractivity contribution is 14.0. The van der Waals surface area contributed by atoms with E-state index in [0.29, 0.717) is 26.4 Å². The second-order valence-electron chi connectivity index (χ2n) is 5.75. The number of methoxy groups -OCH3 is 1. The molecule has 1 aromatic carbocycles. The van der Waals surface area contributed by atoms with Gasteiger partial charge in [-0.1, -0.05) is 23.7 Å². The highest BCUT2D eigenvalue weighted by atomic mass is 127. The Morgan fingerprint density at radius 3 is 2.67 bits per heavy atom. The minimum Gasteiger partial charge on any atom is -0.382 e. The van der Waals surface area contributed by atoms with Crippen LogP contribution >= 0.6 is 35.6 Å². The molecule has 0 unspecified atom stereocenters. The molecule has 0 bridgehead atoms. The van der Waals surface area contributed by atoms with Crippen molar-refractivity contribution in [3.8, 4) is 0 Å². The first kappa shape index (κ1) is 21.5. The van der Waals surface area contributed by atoms with Crippen molar-refractivity contribution in [2.75, 3.05) is 47.1 Å². The summed E-state index contributed by atoms with van der Waals surface area (Å²) in [5.41, 5.74) is 1.49. The third kappa shape index (κ3) is 6.74. The zero-order chi connectivity index (χ0) is 16.5. The SMILES string of the molecule is CN=C(NCCOCCOC)NCC1(c2cccc(Cl)c2)CC1.I. The molecule has 1 aliphatic carbocycles. The second-order valence-corrected chi connectivity index (χ2v) is 6.18. The smallest absolute Gasteiger partial charge is 0.191 e. The van der Waals surface area contributed by atoms with E-state index in [9.17, 15) is 0 Å². The fraction of sp³-hybridized carbons (Fsp3) is 0.588. The number of hydrogen-bond acceptors (Lipinski definition) is 3. The van der Waals surface area contributed by atoms with E-state index in [4.69, 9.17) is 21.1 Å². The summed E-state index contributed by atoms with van der Waals surface area (Å²) in [6, 6.07) is 8.15. The van der Waals surface area contributed by atoms with Gasteiger partial charge in [0, 0.05) is 37.7 Å². The van der Waals surface area contributed by atoms with Gasteiger partial charge in [0.25, 0.3) is 0 Å². The lowest BCUT2D eigenvalue weighted by molar-refractivity contribution is 0.0733. The van der Waals surface area contributed by atoms with Crippen LogP contribution in [-0.4, -0.2) is 53.0 Å². The molecule has 2 rings (SSSR count). The van der Waals surface area contributed by atoms with Crippen LogP contribution in [0, 0.1) is 0 Å². The fourth-order valence-electron chi connectivity index (χ4n) is 2.50. The Kier molecular flexibility index (Phi) is 9.95. The molecular weight excluding hydrogens is 441 g/mol. The summed E-state index contributed by atoms with van der Waals surface area (Å²) < 4.78 is 10.4.